The second kappa shape index (κ2) is 9.78. The highest BCUT2D eigenvalue weighted by Gasteiger charge is 2.24. The summed E-state index contributed by atoms with van der Waals surface area (Å²) < 4.78 is 41.9. The van der Waals surface area contributed by atoms with E-state index in [1.807, 2.05) is 29.2 Å². The van der Waals surface area contributed by atoms with Crippen LogP contribution in [0.1, 0.15) is 12.8 Å². The zero-order valence-electron chi connectivity index (χ0n) is 18.9. The molecule has 2 aromatic carbocycles. The van der Waals surface area contributed by atoms with Crippen molar-refractivity contribution in [2.24, 2.45) is 0 Å². The molecule has 33 heavy (non-hydrogen) atoms. The predicted octanol–water partition coefficient (Wildman–Crippen LogP) is 2.32. The summed E-state index contributed by atoms with van der Waals surface area (Å²) in [4.78, 5) is 16.8. The van der Waals surface area contributed by atoms with Crippen LogP contribution in [0.25, 0.3) is 0 Å². The molecule has 0 atom stereocenters. The average molecular weight is 476 g/mol. The lowest BCUT2D eigenvalue weighted by atomic mass is 10.2. The van der Waals surface area contributed by atoms with Crippen LogP contribution in [0, 0.1) is 0 Å². The van der Waals surface area contributed by atoms with Gasteiger partial charge in [0.05, 0.1) is 19.1 Å². The molecule has 1 amide bonds. The number of hydrogen-bond acceptors (Lipinski definition) is 7. The van der Waals surface area contributed by atoms with Crippen molar-refractivity contribution in [2.75, 3.05) is 62.1 Å². The quantitative estimate of drug-likeness (QED) is 0.579. The highest BCUT2D eigenvalue weighted by molar-refractivity contribution is 7.92. The predicted molar refractivity (Wildman–Crippen MR) is 126 cm³/mol. The largest absolute Gasteiger partial charge is 0.497 e. The van der Waals surface area contributed by atoms with Crippen LogP contribution >= 0.6 is 0 Å². The van der Waals surface area contributed by atoms with Crippen LogP contribution in [-0.2, 0) is 14.8 Å². The van der Waals surface area contributed by atoms with Crippen LogP contribution in [0.5, 0.6) is 17.2 Å². The number of anilines is 2. The summed E-state index contributed by atoms with van der Waals surface area (Å²) in [5.74, 6) is 1.98. The second-order valence-corrected chi connectivity index (χ2v) is 9.95. The smallest absolute Gasteiger partial charge is 0.232 e. The normalized spacial score (nSPS) is 15.5. The molecule has 0 radical (unpaired) electrons. The third kappa shape index (κ3) is 5.44. The average Bonchev–Trinajstić information content (AvgIpc) is 3.29. The van der Waals surface area contributed by atoms with Crippen molar-refractivity contribution in [1.29, 1.82) is 0 Å². The Morgan fingerprint density at radius 2 is 1.73 bits per heavy atom. The number of hydrogen-bond donors (Lipinski definition) is 0. The van der Waals surface area contributed by atoms with Crippen molar-refractivity contribution in [3.63, 3.8) is 0 Å². The van der Waals surface area contributed by atoms with Gasteiger partial charge in [-0.3, -0.25) is 9.10 Å². The van der Waals surface area contributed by atoms with E-state index in [-0.39, 0.29) is 19.2 Å². The Balaban J connectivity index is 1.29. The highest BCUT2D eigenvalue weighted by atomic mass is 32.2. The van der Waals surface area contributed by atoms with Gasteiger partial charge in [0, 0.05) is 50.9 Å². The van der Waals surface area contributed by atoms with E-state index < -0.39 is 10.0 Å². The highest BCUT2D eigenvalue weighted by Crippen LogP contribution is 2.36. The molecule has 2 aromatic rings. The molecule has 1 fully saturated rings. The Morgan fingerprint density at radius 3 is 2.39 bits per heavy atom. The van der Waals surface area contributed by atoms with E-state index in [0.29, 0.717) is 43.1 Å². The van der Waals surface area contributed by atoms with Gasteiger partial charge in [0.2, 0.25) is 22.7 Å². The van der Waals surface area contributed by atoms with Crippen LogP contribution in [0.3, 0.4) is 0 Å². The van der Waals surface area contributed by atoms with Gasteiger partial charge in [-0.25, -0.2) is 8.42 Å². The fourth-order valence-electron chi connectivity index (χ4n) is 4.07. The van der Waals surface area contributed by atoms with Gasteiger partial charge in [-0.2, -0.15) is 0 Å². The van der Waals surface area contributed by atoms with E-state index in [9.17, 15) is 13.2 Å². The standard InChI is InChI=1S/C23H29N3O6S/c1-30-20-8-5-18(6-9-20)24-12-14-25(15-13-24)23(27)4-3-11-26(33(2,28)29)19-7-10-21-22(16-19)32-17-31-21/h5-10,16H,3-4,11-15,17H2,1-2H3. The molecule has 9 nitrogen and oxygen atoms in total. The van der Waals surface area contributed by atoms with E-state index in [0.717, 1.165) is 30.8 Å². The molecule has 0 aliphatic carbocycles. The summed E-state index contributed by atoms with van der Waals surface area (Å²) in [5, 5.41) is 0. The van der Waals surface area contributed by atoms with E-state index >= 15 is 0 Å². The van der Waals surface area contributed by atoms with Gasteiger partial charge in [0.25, 0.3) is 0 Å². The number of amides is 1. The number of rotatable bonds is 8. The SMILES string of the molecule is COc1ccc(N2CCN(C(=O)CCCN(c3ccc4c(c3)OCO4)S(C)(=O)=O)CC2)cc1. The molecular weight excluding hydrogens is 446 g/mol. The molecule has 0 aromatic heterocycles. The summed E-state index contributed by atoms with van der Waals surface area (Å²) in [6.45, 7) is 3.13. The van der Waals surface area contributed by atoms with E-state index in [1.54, 1.807) is 25.3 Å². The topological polar surface area (TPSA) is 88.6 Å². The zero-order chi connectivity index (χ0) is 23.4. The number of ether oxygens (including phenoxy) is 3. The third-order valence-electron chi connectivity index (χ3n) is 5.87. The van der Waals surface area contributed by atoms with Crippen molar-refractivity contribution in [1.82, 2.24) is 4.90 Å². The number of methoxy groups -OCH3 is 1. The van der Waals surface area contributed by atoms with Gasteiger partial charge < -0.3 is 24.0 Å². The van der Waals surface area contributed by atoms with Crippen molar-refractivity contribution >= 4 is 27.3 Å². The summed E-state index contributed by atoms with van der Waals surface area (Å²) in [5.41, 5.74) is 1.61. The molecule has 0 unspecified atom stereocenters. The maximum Gasteiger partial charge on any atom is 0.232 e. The molecule has 178 valence electrons. The Hall–Kier alpha value is -3.14. The molecule has 2 aliphatic heterocycles. The third-order valence-corrected chi connectivity index (χ3v) is 7.06. The first-order chi connectivity index (χ1) is 15.8. The van der Waals surface area contributed by atoms with Crippen molar-refractivity contribution < 1.29 is 27.4 Å². The van der Waals surface area contributed by atoms with E-state index in [2.05, 4.69) is 4.90 Å². The number of benzene rings is 2. The van der Waals surface area contributed by atoms with Gasteiger partial charge in [-0.15, -0.1) is 0 Å². The molecule has 1 saturated heterocycles. The zero-order valence-corrected chi connectivity index (χ0v) is 19.7. The number of fused-ring (bicyclic) bond motifs is 1. The first kappa shape index (κ1) is 23.0. The van der Waals surface area contributed by atoms with Crippen molar-refractivity contribution in [2.45, 2.75) is 12.8 Å². The number of carbonyl (C=O) groups is 1. The van der Waals surface area contributed by atoms with E-state index in [1.165, 1.54) is 4.31 Å². The lowest BCUT2D eigenvalue weighted by Crippen LogP contribution is -2.48. The first-order valence-electron chi connectivity index (χ1n) is 10.9. The first-order valence-corrected chi connectivity index (χ1v) is 12.7. The summed E-state index contributed by atoms with van der Waals surface area (Å²) >= 11 is 0. The second-order valence-electron chi connectivity index (χ2n) is 8.04. The number of nitrogens with zero attached hydrogens (tertiary/aromatic N) is 3. The summed E-state index contributed by atoms with van der Waals surface area (Å²) in [6.07, 6.45) is 1.88. The maximum absolute atomic E-state index is 12.7. The molecule has 0 N–H and O–H groups in total. The van der Waals surface area contributed by atoms with E-state index in [4.69, 9.17) is 14.2 Å². The minimum absolute atomic E-state index is 0.0449. The maximum atomic E-state index is 12.7. The van der Waals surface area contributed by atoms with Gasteiger partial charge in [0.1, 0.15) is 5.75 Å². The molecule has 2 aliphatic rings. The van der Waals surface area contributed by atoms with Crippen LogP contribution in [0.15, 0.2) is 42.5 Å². The van der Waals surface area contributed by atoms with Gasteiger partial charge in [-0.1, -0.05) is 0 Å². The Kier molecular flexibility index (Phi) is 6.83. The Labute approximate surface area is 194 Å². The molecule has 0 saturated carbocycles. The van der Waals surface area contributed by atoms with Crippen LogP contribution in [0.2, 0.25) is 0 Å². The summed E-state index contributed by atoms with van der Waals surface area (Å²) in [6, 6.07) is 12.9. The van der Waals surface area contributed by atoms with Gasteiger partial charge in [-0.05, 0) is 42.8 Å². The monoisotopic (exact) mass is 475 g/mol. The molecule has 0 spiro atoms. The Morgan fingerprint density at radius 1 is 1.03 bits per heavy atom. The fourth-order valence-corrected chi connectivity index (χ4v) is 5.02. The fraction of sp³-hybridized carbons (Fsp3) is 0.435. The van der Waals surface area contributed by atoms with Crippen molar-refractivity contribution in [3.8, 4) is 17.2 Å². The van der Waals surface area contributed by atoms with Crippen LogP contribution in [-0.4, -0.2) is 72.1 Å². The lowest BCUT2D eigenvalue weighted by molar-refractivity contribution is -0.131. The minimum atomic E-state index is -3.50. The molecular formula is C23H29N3O6S. The van der Waals surface area contributed by atoms with Crippen LogP contribution < -0.4 is 23.4 Å². The summed E-state index contributed by atoms with van der Waals surface area (Å²) in [7, 11) is -1.86. The molecule has 2 heterocycles. The minimum Gasteiger partial charge on any atom is -0.497 e. The Bertz CT molecular complexity index is 1080. The number of piperazine rings is 1. The lowest BCUT2D eigenvalue weighted by Gasteiger charge is -2.36. The van der Waals surface area contributed by atoms with Gasteiger partial charge >= 0.3 is 0 Å². The molecule has 10 heteroatoms. The van der Waals surface area contributed by atoms with Crippen molar-refractivity contribution in [3.05, 3.63) is 42.5 Å². The molecule has 4 rings (SSSR count). The number of carbonyl (C=O) groups excluding carboxylic acids is 1. The number of sulfonamides is 1. The van der Waals surface area contributed by atoms with Crippen LogP contribution in [0.4, 0.5) is 11.4 Å². The molecule has 0 bridgehead atoms. The van der Waals surface area contributed by atoms with Gasteiger partial charge in [0.15, 0.2) is 11.5 Å².